The maximum atomic E-state index is 6.22. The summed E-state index contributed by atoms with van der Waals surface area (Å²) in [5, 5.41) is 3.54. The Balaban J connectivity index is 1.53. The second-order valence-electron chi connectivity index (χ2n) is 9.10. The molecule has 0 amide bonds. The van der Waals surface area contributed by atoms with E-state index in [4.69, 9.17) is 9.47 Å². The van der Waals surface area contributed by atoms with Gasteiger partial charge in [-0.1, -0.05) is 30.3 Å². The van der Waals surface area contributed by atoms with Crippen LogP contribution in [-0.4, -0.2) is 99.1 Å². The normalized spacial score (nSPS) is 30.0. The van der Waals surface area contributed by atoms with Gasteiger partial charge in [0.25, 0.3) is 0 Å². The highest BCUT2D eigenvalue weighted by Gasteiger charge is 2.30. The molecular weight excluding hydrogens is 364 g/mol. The molecule has 6 heteroatoms. The Labute approximate surface area is 177 Å². The van der Waals surface area contributed by atoms with Crippen molar-refractivity contribution in [2.75, 3.05) is 54.0 Å². The van der Waals surface area contributed by atoms with Crippen molar-refractivity contribution in [3.63, 3.8) is 0 Å². The second kappa shape index (κ2) is 10.8. The third-order valence-corrected chi connectivity index (χ3v) is 6.21. The topological polar surface area (TPSA) is 40.2 Å². The van der Waals surface area contributed by atoms with E-state index in [1.807, 2.05) is 0 Å². The molecule has 0 bridgehead atoms. The number of morpholine rings is 2. The van der Waals surface area contributed by atoms with E-state index in [1.54, 1.807) is 0 Å². The number of hydrogen-bond acceptors (Lipinski definition) is 6. The van der Waals surface area contributed by atoms with Crippen molar-refractivity contribution in [2.45, 2.75) is 57.3 Å². The van der Waals surface area contributed by atoms with E-state index in [9.17, 15) is 0 Å². The van der Waals surface area contributed by atoms with E-state index >= 15 is 0 Å². The highest BCUT2D eigenvalue weighted by atomic mass is 16.5. The SMILES string of the molecule is C[C@H]1CO[C@@H](CC(N(C)C)N(C)C[C@H]2CN(Cc3ccccc3)[C@@H](C)CO2)CN1. The summed E-state index contributed by atoms with van der Waals surface area (Å²) in [5.41, 5.74) is 1.37. The fraction of sp³-hybridized carbons (Fsp3) is 0.739. The van der Waals surface area contributed by atoms with Gasteiger partial charge in [0.1, 0.15) is 0 Å². The van der Waals surface area contributed by atoms with Gasteiger partial charge >= 0.3 is 0 Å². The Morgan fingerprint density at radius 3 is 2.45 bits per heavy atom. The minimum absolute atomic E-state index is 0.229. The average molecular weight is 405 g/mol. The van der Waals surface area contributed by atoms with Crippen molar-refractivity contribution < 1.29 is 9.47 Å². The Morgan fingerprint density at radius 2 is 1.79 bits per heavy atom. The van der Waals surface area contributed by atoms with Gasteiger partial charge in [-0.3, -0.25) is 14.7 Å². The van der Waals surface area contributed by atoms with Gasteiger partial charge in [-0.25, -0.2) is 0 Å². The first-order valence-electron chi connectivity index (χ1n) is 11.0. The lowest BCUT2D eigenvalue weighted by molar-refractivity contribution is -0.0864. The fourth-order valence-electron chi connectivity index (χ4n) is 4.37. The number of ether oxygens (including phenoxy) is 2. The largest absolute Gasteiger partial charge is 0.375 e. The quantitative estimate of drug-likeness (QED) is 0.667. The van der Waals surface area contributed by atoms with E-state index in [0.29, 0.717) is 18.2 Å². The molecule has 6 nitrogen and oxygen atoms in total. The summed E-state index contributed by atoms with van der Waals surface area (Å²) in [4.78, 5) is 7.29. The predicted octanol–water partition coefficient (Wildman–Crippen LogP) is 1.86. The average Bonchev–Trinajstić information content (AvgIpc) is 2.70. The zero-order chi connectivity index (χ0) is 20.8. The smallest absolute Gasteiger partial charge is 0.0830 e. The van der Waals surface area contributed by atoms with Crippen molar-refractivity contribution in [1.29, 1.82) is 0 Å². The molecule has 2 aliphatic heterocycles. The first-order valence-corrected chi connectivity index (χ1v) is 11.0. The minimum Gasteiger partial charge on any atom is -0.375 e. The molecule has 2 fully saturated rings. The minimum atomic E-state index is 0.229. The number of likely N-dealkylation sites (N-methyl/N-ethyl adjacent to an activating group) is 1. The third kappa shape index (κ3) is 6.74. The Hall–Kier alpha value is -1.02. The predicted molar refractivity (Wildman–Crippen MR) is 118 cm³/mol. The summed E-state index contributed by atoms with van der Waals surface area (Å²) in [6.45, 7) is 9.85. The van der Waals surface area contributed by atoms with Crippen LogP contribution in [0.3, 0.4) is 0 Å². The summed E-state index contributed by atoms with van der Waals surface area (Å²) in [6, 6.07) is 11.7. The van der Waals surface area contributed by atoms with Gasteiger partial charge in [-0.05, 0) is 40.6 Å². The molecule has 164 valence electrons. The van der Waals surface area contributed by atoms with E-state index in [2.05, 4.69) is 85.3 Å². The van der Waals surface area contributed by atoms with Crippen LogP contribution in [0.1, 0.15) is 25.8 Å². The van der Waals surface area contributed by atoms with Crippen LogP contribution in [0.25, 0.3) is 0 Å². The summed E-state index contributed by atoms with van der Waals surface area (Å²) in [7, 11) is 6.53. The fourth-order valence-corrected chi connectivity index (χ4v) is 4.37. The van der Waals surface area contributed by atoms with Gasteiger partial charge in [-0.15, -0.1) is 0 Å². The molecule has 1 unspecified atom stereocenters. The standard InChI is InChI=1S/C23H40N4O2/c1-18-16-28-21(12-24-18)11-23(25(3)4)26(5)14-22-15-27(19(2)17-29-22)13-20-9-7-6-8-10-20/h6-10,18-19,21-24H,11-17H2,1-5H3/t18-,19-,21-,22-,23?/m0/s1. The highest BCUT2D eigenvalue weighted by Crippen LogP contribution is 2.19. The molecule has 0 radical (unpaired) electrons. The molecule has 1 aromatic carbocycles. The molecule has 0 aliphatic carbocycles. The zero-order valence-corrected chi connectivity index (χ0v) is 18.9. The highest BCUT2D eigenvalue weighted by molar-refractivity contribution is 5.14. The first-order chi connectivity index (χ1) is 13.9. The van der Waals surface area contributed by atoms with Crippen LogP contribution in [0.2, 0.25) is 0 Å². The van der Waals surface area contributed by atoms with Crippen LogP contribution in [0, 0.1) is 0 Å². The first kappa shape index (κ1) is 22.7. The van der Waals surface area contributed by atoms with Crippen molar-refractivity contribution in [2.24, 2.45) is 0 Å². The van der Waals surface area contributed by atoms with Gasteiger partial charge < -0.3 is 14.8 Å². The summed E-state index contributed by atoms with van der Waals surface area (Å²) < 4.78 is 12.3. The molecule has 2 aliphatic rings. The molecule has 3 rings (SSSR count). The van der Waals surface area contributed by atoms with E-state index in [1.165, 1.54) is 5.56 Å². The maximum absolute atomic E-state index is 6.22. The van der Waals surface area contributed by atoms with Crippen LogP contribution in [0.4, 0.5) is 0 Å². The number of rotatable bonds is 8. The van der Waals surface area contributed by atoms with Gasteiger partial charge in [0, 0.05) is 44.7 Å². The van der Waals surface area contributed by atoms with Crippen molar-refractivity contribution >= 4 is 0 Å². The summed E-state index contributed by atoms with van der Waals surface area (Å²) in [6.07, 6.45) is 1.83. The van der Waals surface area contributed by atoms with Crippen molar-refractivity contribution in [3.05, 3.63) is 35.9 Å². The lowest BCUT2D eigenvalue weighted by Gasteiger charge is -2.42. The summed E-state index contributed by atoms with van der Waals surface area (Å²) in [5.74, 6) is 0. The second-order valence-corrected chi connectivity index (χ2v) is 9.10. The zero-order valence-electron chi connectivity index (χ0n) is 18.9. The molecule has 29 heavy (non-hydrogen) atoms. The molecule has 1 N–H and O–H groups in total. The molecule has 0 aromatic heterocycles. The molecule has 5 atom stereocenters. The molecule has 2 heterocycles. The number of nitrogens with zero attached hydrogens (tertiary/aromatic N) is 3. The third-order valence-electron chi connectivity index (χ3n) is 6.21. The lowest BCUT2D eigenvalue weighted by Crippen LogP contribution is -2.55. The van der Waals surface area contributed by atoms with Crippen LogP contribution in [-0.2, 0) is 16.0 Å². The van der Waals surface area contributed by atoms with Gasteiger partial charge in [0.05, 0.1) is 31.6 Å². The Kier molecular flexibility index (Phi) is 8.47. The summed E-state index contributed by atoms with van der Waals surface area (Å²) >= 11 is 0. The van der Waals surface area contributed by atoms with Crippen LogP contribution >= 0.6 is 0 Å². The molecule has 0 saturated carbocycles. The van der Waals surface area contributed by atoms with Gasteiger partial charge in [0.15, 0.2) is 0 Å². The number of benzene rings is 1. The maximum Gasteiger partial charge on any atom is 0.0830 e. The number of nitrogens with one attached hydrogen (secondary N) is 1. The number of hydrogen-bond donors (Lipinski definition) is 1. The van der Waals surface area contributed by atoms with Crippen LogP contribution < -0.4 is 5.32 Å². The monoisotopic (exact) mass is 404 g/mol. The molecule has 1 aromatic rings. The Bertz CT molecular complexity index is 592. The van der Waals surface area contributed by atoms with Crippen molar-refractivity contribution in [1.82, 2.24) is 20.0 Å². The van der Waals surface area contributed by atoms with Gasteiger partial charge in [-0.2, -0.15) is 0 Å². The lowest BCUT2D eigenvalue weighted by atomic mass is 10.1. The van der Waals surface area contributed by atoms with E-state index < -0.39 is 0 Å². The van der Waals surface area contributed by atoms with E-state index in [-0.39, 0.29) is 12.2 Å². The molecule has 0 spiro atoms. The molecule has 2 saturated heterocycles. The Morgan fingerprint density at radius 1 is 1.07 bits per heavy atom. The van der Waals surface area contributed by atoms with Gasteiger partial charge in [0.2, 0.25) is 0 Å². The van der Waals surface area contributed by atoms with E-state index in [0.717, 1.165) is 45.8 Å². The molecular formula is C23H40N4O2. The van der Waals surface area contributed by atoms with Crippen LogP contribution in [0.5, 0.6) is 0 Å². The van der Waals surface area contributed by atoms with Crippen molar-refractivity contribution in [3.8, 4) is 0 Å². The van der Waals surface area contributed by atoms with Crippen LogP contribution in [0.15, 0.2) is 30.3 Å².